The third kappa shape index (κ3) is 2.89. The van der Waals surface area contributed by atoms with Crippen LogP contribution < -0.4 is 9.46 Å². The van der Waals surface area contributed by atoms with Crippen molar-refractivity contribution in [2.75, 3.05) is 19.9 Å². The summed E-state index contributed by atoms with van der Waals surface area (Å²) in [5.41, 5.74) is 2.58. The van der Waals surface area contributed by atoms with Crippen molar-refractivity contribution in [1.29, 1.82) is 0 Å². The van der Waals surface area contributed by atoms with E-state index in [2.05, 4.69) is 16.9 Å². The van der Waals surface area contributed by atoms with E-state index in [0.29, 0.717) is 6.54 Å². The molecule has 0 heterocycles. The van der Waals surface area contributed by atoms with Gasteiger partial charge in [-0.05, 0) is 52.8 Å². The minimum absolute atomic E-state index is 0.227. The predicted octanol–water partition coefficient (Wildman–Crippen LogP) is 2.43. The molecule has 2 aromatic rings. The van der Waals surface area contributed by atoms with Crippen molar-refractivity contribution in [3.8, 4) is 5.75 Å². The maximum Gasteiger partial charge on any atom is 0.208 e. The van der Waals surface area contributed by atoms with E-state index in [4.69, 9.17) is 4.74 Å². The van der Waals surface area contributed by atoms with Gasteiger partial charge in [-0.3, -0.25) is 0 Å². The molecule has 1 N–H and O–H groups in total. The normalized spacial score (nSPS) is 17.9. The van der Waals surface area contributed by atoms with E-state index in [0.717, 1.165) is 18.6 Å². The van der Waals surface area contributed by atoms with Gasteiger partial charge in [0, 0.05) is 6.54 Å². The predicted molar refractivity (Wildman–Crippen MR) is 84.4 cm³/mol. The molecular weight excluding hydrogens is 286 g/mol. The highest BCUT2D eigenvalue weighted by molar-refractivity contribution is 7.88. The van der Waals surface area contributed by atoms with Gasteiger partial charge in [-0.2, -0.15) is 0 Å². The zero-order valence-electron chi connectivity index (χ0n) is 12.2. The summed E-state index contributed by atoms with van der Waals surface area (Å²) in [7, 11) is -1.50. The molecule has 1 unspecified atom stereocenters. The van der Waals surface area contributed by atoms with Crippen molar-refractivity contribution < 1.29 is 13.2 Å². The van der Waals surface area contributed by atoms with Crippen LogP contribution in [0.15, 0.2) is 30.3 Å². The van der Waals surface area contributed by atoms with Gasteiger partial charge in [0.2, 0.25) is 10.0 Å². The first-order valence-corrected chi connectivity index (χ1v) is 8.91. The highest BCUT2D eigenvalue weighted by atomic mass is 32.2. The second kappa shape index (κ2) is 5.31. The van der Waals surface area contributed by atoms with Crippen LogP contribution in [-0.2, 0) is 16.4 Å². The van der Waals surface area contributed by atoms with Gasteiger partial charge in [0.05, 0.1) is 13.4 Å². The Hall–Kier alpha value is -1.59. The molecule has 0 saturated heterocycles. The molecule has 3 rings (SSSR count). The summed E-state index contributed by atoms with van der Waals surface area (Å²) in [6.07, 6.45) is 3.18. The summed E-state index contributed by atoms with van der Waals surface area (Å²) in [6.45, 7) is 0.460. The number of hydrogen-bond donors (Lipinski definition) is 1. The minimum atomic E-state index is -3.15. The van der Waals surface area contributed by atoms with Crippen molar-refractivity contribution in [3.63, 3.8) is 0 Å². The molecule has 0 spiro atoms. The number of sulfonamides is 1. The smallest absolute Gasteiger partial charge is 0.208 e. The molecule has 1 aliphatic rings. The van der Waals surface area contributed by atoms with Crippen molar-refractivity contribution >= 4 is 20.8 Å². The van der Waals surface area contributed by atoms with Crippen molar-refractivity contribution in [1.82, 2.24) is 4.72 Å². The largest absolute Gasteiger partial charge is 0.497 e. The Kier molecular flexibility index (Phi) is 3.63. The van der Waals surface area contributed by atoms with Crippen LogP contribution in [0.4, 0.5) is 0 Å². The van der Waals surface area contributed by atoms with Gasteiger partial charge in [0.1, 0.15) is 5.75 Å². The van der Waals surface area contributed by atoms with E-state index < -0.39 is 10.0 Å². The molecule has 112 valence electrons. The van der Waals surface area contributed by atoms with Gasteiger partial charge in [0.15, 0.2) is 0 Å². The lowest BCUT2D eigenvalue weighted by atomic mass is 9.94. The first-order chi connectivity index (χ1) is 9.98. The Balaban J connectivity index is 2.04. The minimum Gasteiger partial charge on any atom is -0.497 e. The van der Waals surface area contributed by atoms with Gasteiger partial charge in [-0.15, -0.1) is 0 Å². The molecule has 0 aliphatic heterocycles. The third-order valence-corrected chi connectivity index (χ3v) is 4.81. The standard InChI is InChI=1S/C16H19NO3S/c1-20-14-8-7-11-3-4-12-5-6-13(10-17-21(2,18)19)16(12)15(11)9-14/h3-4,7-9,13,17H,5-6,10H2,1-2H3. The number of hydrogen-bond acceptors (Lipinski definition) is 3. The third-order valence-electron chi connectivity index (χ3n) is 4.12. The SMILES string of the molecule is COc1ccc2ccc3c(c2c1)C(CNS(C)(=O)=O)CC3. The maximum absolute atomic E-state index is 11.3. The fourth-order valence-electron chi connectivity index (χ4n) is 3.12. The van der Waals surface area contributed by atoms with Crippen LogP contribution in [0.3, 0.4) is 0 Å². The lowest BCUT2D eigenvalue weighted by molar-refractivity contribution is 0.415. The molecule has 1 aliphatic carbocycles. The van der Waals surface area contributed by atoms with E-state index in [1.54, 1.807) is 7.11 Å². The summed E-state index contributed by atoms with van der Waals surface area (Å²) in [6, 6.07) is 10.3. The van der Waals surface area contributed by atoms with Gasteiger partial charge in [0.25, 0.3) is 0 Å². The van der Waals surface area contributed by atoms with Gasteiger partial charge in [-0.1, -0.05) is 18.2 Å². The first kappa shape index (κ1) is 14.4. The molecule has 4 nitrogen and oxygen atoms in total. The molecule has 1 atom stereocenters. The summed E-state index contributed by atoms with van der Waals surface area (Å²) >= 11 is 0. The highest BCUT2D eigenvalue weighted by Crippen LogP contribution is 2.39. The molecule has 2 aromatic carbocycles. The van der Waals surface area contributed by atoms with Crippen molar-refractivity contribution in [3.05, 3.63) is 41.5 Å². The Morgan fingerprint density at radius 2 is 2.05 bits per heavy atom. The number of rotatable bonds is 4. The Bertz CT molecular complexity index is 783. The summed E-state index contributed by atoms with van der Waals surface area (Å²) in [5, 5.41) is 2.34. The number of nitrogens with one attached hydrogen (secondary N) is 1. The van der Waals surface area contributed by atoms with E-state index >= 15 is 0 Å². The molecule has 0 radical (unpaired) electrons. The summed E-state index contributed by atoms with van der Waals surface area (Å²) in [5.74, 6) is 1.06. The van der Waals surface area contributed by atoms with Crippen molar-refractivity contribution in [2.45, 2.75) is 18.8 Å². The molecular formula is C16H19NO3S. The monoisotopic (exact) mass is 305 g/mol. The highest BCUT2D eigenvalue weighted by Gasteiger charge is 2.25. The zero-order valence-corrected chi connectivity index (χ0v) is 13.0. The lowest BCUT2D eigenvalue weighted by Gasteiger charge is -2.15. The molecule has 0 saturated carbocycles. The molecule has 0 amide bonds. The average Bonchev–Trinajstić information content (AvgIpc) is 2.87. The van der Waals surface area contributed by atoms with Gasteiger partial charge >= 0.3 is 0 Å². The number of aryl methyl sites for hydroxylation is 1. The Morgan fingerprint density at radius 1 is 1.29 bits per heavy atom. The fraction of sp³-hybridized carbons (Fsp3) is 0.375. The van der Waals surface area contributed by atoms with E-state index in [1.807, 2.05) is 18.2 Å². The van der Waals surface area contributed by atoms with Gasteiger partial charge in [-0.25, -0.2) is 13.1 Å². The van der Waals surface area contributed by atoms with Crippen LogP contribution in [0.1, 0.15) is 23.5 Å². The fourth-order valence-corrected chi connectivity index (χ4v) is 3.63. The quantitative estimate of drug-likeness (QED) is 0.944. The van der Waals surface area contributed by atoms with Crippen LogP contribution in [0, 0.1) is 0 Å². The summed E-state index contributed by atoms with van der Waals surface area (Å²) < 4.78 is 30.6. The van der Waals surface area contributed by atoms with Crippen LogP contribution in [-0.4, -0.2) is 28.3 Å². The number of ether oxygens (including phenoxy) is 1. The number of methoxy groups -OCH3 is 1. The van der Waals surface area contributed by atoms with Crippen LogP contribution in [0.2, 0.25) is 0 Å². The number of benzene rings is 2. The summed E-state index contributed by atoms with van der Waals surface area (Å²) in [4.78, 5) is 0. The van der Waals surface area contributed by atoms with Crippen LogP contribution in [0.25, 0.3) is 10.8 Å². The second-order valence-corrected chi connectivity index (χ2v) is 7.41. The Labute approximate surface area is 125 Å². The lowest BCUT2D eigenvalue weighted by Crippen LogP contribution is -2.26. The molecule has 5 heteroatoms. The number of fused-ring (bicyclic) bond motifs is 3. The maximum atomic E-state index is 11.3. The molecule has 21 heavy (non-hydrogen) atoms. The average molecular weight is 305 g/mol. The molecule has 0 bridgehead atoms. The van der Waals surface area contributed by atoms with E-state index in [1.165, 1.54) is 28.2 Å². The van der Waals surface area contributed by atoms with E-state index in [9.17, 15) is 8.42 Å². The molecule has 0 aromatic heterocycles. The van der Waals surface area contributed by atoms with Crippen molar-refractivity contribution in [2.24, 2.45) is 0 Å². The van der Waals surface area contributed by atoms with E-state index in [-0.39, 0.29) is 5.92 Å². The topological polar surface area (TPSA) is 55.4 Å². The van der Waals surface area contributed by atoms with Gasteiger partial charge < -0.3 is 4.74 Å². The molecule has 0 fully saturated rings. The first-order valence-electron chi connectivity index (χ1n) is 7.02. The second-order valence-electron chi connectivity index (χ2n) is 5.58. The Morgan fingerprint density at radius 3 is 2.76 bits per heavy atom. The van der Waals surface area contributed by atoms with Crippen LogP contribution >= 0.6 is 0 Å². The zero-order chi connectivity index (χ0) is 15.0. The van der Waals surface area contributed by atoms with Crippen LogP contribution in [0.5, 0.6) is 5.75 Å².